The van der Waals surface area contributed by atoms with Crippen LogP contribution in [0.2, 0.25) is 0 Å². The molecule has 0 fully saturated rings. The number of hydrogen-bond acceptors (Lipinski definition) is 3. The lowest BCUT2D eigenvalue weighted by atomic mass is 9.98. The summed E-state index contributed by atoms with van der Waals surface area (Å²) in [6.45, 7) is 0. The van der Waals surface area contributed by atoms with E-state index in [-0.39, 0.29) is 11.4 Å². The van der Waals surface area contributed by atoms with Gasteiger partial charge in [-0.1, -0.05) is 0 Å². The highest BCUT2D eigenvalue weighted by molar-refractivity contribution is 9.09. The zero-order chi connectivity index (χ0) is 16.9. The van der Waals surface area contributed by atoms with Crippen LogP contribution in [0, 0.1) is 17.5 Å². The van der Waals surface area contributed by atoms with Gasteiger partial charge < -0.3 is 0 Å². The molecule has 0 amide bonds. The summed E-state index contributed by atoms with van der Waals surface area (Å²) >= 11 is 3.04. The number of rotatable bonds is 1. The summed E-state index contributed by atoms with van der Waals surface area (Å²) in [5.74, 6) is -4.83. The molecule has 1 atom stereocenters. The third-order valence-corrected chi connectivity index (χ3v) is 3.58. The van der Waals surface area contributed by atoms with Crippen LogP contribution in [0.25, 0.3) is 5.57 Å². The Balaban J connectivity index is 2.19. The Morgan fingerprint density at radius 1 is 1.13 bits per heavy atom. The van der Waals surface area contributed by atoms with Gasteiger partial charge in [0.2, 0.25) is 0 Å². The fourth-order valence-electron chi connectivity index (χ4n) is 2.16. The Morgan fingerprint density at radius 3 is 2.48 bits per heavy atom. The first kappa shape index (κ1) is 16.1. The van der Waals surface area contributed by atoms with Crippen molar-refractivity contribution in [3.63, 3.8) is 0 Å². The first-order chi connectivity index (χ1) is 10.7. The quantitative estimate of drug-likeness (QED) is 0.337. The van der Waals surface area contributed by atoms with Gasteiger partial charge in [0.1, 0.15) is 0 Å². The van der Waals surface area contributed by atoms with Crippen molar-refractivity contribution in [3.05, 3.63) is 53.0 Å². The molecule has 0 spiro atoms. The molecule has 23 heavy (non-hydrogen) atoms. The molecule has 0 aliphatic carbocycles. The van der Waals surface area contributed by atoms with Gasteiger partial charge in [-0.05, 0) is 34.1 Å². The smallest absolute Gasteiger partial charge is 0.263 e. The molecule has 3 nitrogen and oxygen atoms in total. The zero-order valence-corrected chi connectivity index (χ0v) is 12.5. The van der Waals surface area contributed by atoms with Crippen LogP contribution in [-0.4, -0.2) is 22.1 Å². The number of alkyl halides is 4. The molecule has 2 aliphatic heterocycles. The van der Waals surface area contributed by atoms with Crippen LogP contribution >= 0.6 is 15.9 Å². The number of nitrogens with one attached hydrogen (secondary N) is 1. The molecule has 2 aliphatic rings. The van der Waals surface area contributed by atoms with Crippen molar-refractivity contribution in [2.75, 3.05) is 0 Å². The van der Waals surface area contributed by atoms with E-state index >= 15 is 0 Å². The number of hydrazine groups is 1. The second-order valence-electron chi connectivity index (χ2n) is 4.65. The van der Waals surface area contributed by atoms with Crippen LogP contribution in [0.4, 0.5) is 26.3 Å². The molecular formula is C13H6BrF6N3. The molecule has 1 N–H and O–H groups in total. The van der Waals surface area contributed by atoms with E-state index in [4.69, 9.17) is 0 Å². The lowest BCUT2D eigenvalue weighted by Crippen LogP contribution is -2.38. The molecule has 10 heteroatoms. The Hall–Kier alpha value is -1.81. The molecule has 0 radical (unpaired) electrons. The van der Waals surface area contributed by atoms with Gasteiger partial charge in [-0.15, -0.1) is 0 Å². The molecule has 3 rings (SSSR count). The molecule has 0 bridgehead atoms. The van der Waals surface area contributed by atoms with Gasteiger partial charge in [-0.2, -0.15) is 18.6 Å². The van der Waals surface area contributed by atoms with Crippen LogP contribution in [-0.2, 0) is 0 Å². The van der Waals surface area contributed by atoms with E-state index in [9.17, 15) is 26.3 Å². The van der Waals surface area contributed by atoms with Crippen molar-refractivity contribution in [1.29, 1.82) is 0 Å². The normalized spacial score (nSPS) is 20.9. The highest BCUT2D eigenvalue weighted by Gasteiger charge is 2.39. The number of aliphatic imine (C=N–C) groups is 1. The van der Waals surface area contributed by atoms with Crippen LogP contribution in [0.3, 0.4) is 0 Å². The monoisotopic (exact) mass is 397 g/mol. The van der Waals surface area contributed by atoms with Gasteiger partial charge in [0.15, 0.2) is 28.4 Å². The topological polar surface area (TPSA) is 27.6 Å². The number of halogens is 7. The SMILES string of the molecule is Fc1ccc(C2=CC(C(F)(F)F)=CN3NC(Br)N=C23)c(F)c1F. The van der Waals surface area contributed by atoms with Crippen molar-refractivity contribution < 1.29 is 26.3 Å². The van der Waals surface area contributed by atoms with Crippen LogP contribution < -0.4 is 5.43 Å². The summed E-state index contributed by atoms with van der Waals surface area (Å²) in [6.07, 6.45) is -3.34. The van der Waals surface area contributed by atoms with E-state index in [0.29, 0.717) is 12.1 Å². The molecule has 0 saturated heterocycles. The van der Waals surface area contributed by atoms with Crippen molar-refractivity contribution in [3.8, 4) is 0 Å². The largest absolute Gasteiger partial charge is 0.417 e. The average Bonchev–Trinajstić information content (AvgIpc) is 2.83. The summed E-state index contributed by atoms with van der Waals surface area (Å²) in [6, 6.07) is 1.50. The number of benzene rings is 1. The van der Waals surface area contributed by atoms with Crippen molar-refractivity contribution in [2.24, 2.45) is 4.99 Å². The fourth-order valence-corrected chi connectivity index (χ4v) is 2.57. The molecule has 1 aromatic carbocycles. The number of allylic oxidation sites excluding steroid dienone is 2. The highest BCUT2D eigenvalue weighted by atomic mass is 79.9. The number of nitrogens with zero attached hydrogens (tertiary/aromatic N) is 2. The molecule has 2 heterocycles. The van der Waals surface area contributed by atoms with Gasteiger partial charge in [-0.3, -0.25) is 5.01 Å². The molecular weight excluding hydrogens is 392 g/mol. The standard InChI is InChI=1S/C13H6BrF6N3/c14-12-21-11-7(6-1-2-8(15)10(17)9(6)16)3-5(13(18,19)20)4-23(11)22-12/h1-4,12,22H. The molecule has 0 saturated carbocycles. The summed E-state index contributed by atoms with van der Waals surface area (Å²) in [7, 11) is 0. The zero-order valence-electron chi connectivity index (χ0n) is 10.9. The summed E-state index contributed by atoms with van der Waals surface area (Å²) < 4.78 is 79.4. The predicted molar refractivity (Wildman–Crippen MR) is 73.6 cm³/mol. The van der Waals surface area contributed by atoms with Crippen molar-refractivity contribution in [2.45, 2.75) is 11.3 Å². The van der Waals surface area contributed by atoms with Crippen LogP contribution in [0.1, 0.15) is 5.56 Å². The third kappa shape index (κ3) is 2.76. The number of amidine groups is 1. The number of hydrogen-bond donors (Lipinski definition) is 1. The maximum Gasteiger partial charge on any atom is 0.417 e. The average molecular weight is 398 g/mol. The highest BCUT2D eigenvalue weighted by Crippen LogP contribution is 2.36. The lowest BCUT2D eigenvalue weighted by molar-refractivity contribution is -0.0891. The lowest BCUT2D eigenvalue weighted by Gasteiger charge is -2.25. The number of fused-ring (bicyclic) bond motifs is 1. The van der Waals surface area contributed by atoms with Crippen LogP contribution in [0.15, 0.2) is 35.0 Å². The molecule has 122 valence electrons. The van der Waals surface area contributed by atoms with Gasteiger partial charge in [0.25, 0.3) is 0 Å². The maximum atomic E-state index is 14.0. The van der Waals surface area contributed by atoms with E-state index in [2.05, 4.69) is 26.3 Å². The van der Waals surface area contributed by atoms with Crippen molar-refractivity contribution >= 4 is 27.3 Å². The molecule has 1 unspecified atom stereocenters. The van der Waals surface area contributed by atoms with E-state index in [0.717, 1.165) is 17.3 Å². The second-order valence-corrected chi connectivity index (χ2v) is 5.52. The summed E-state index contributed by atoms with van der Waals surface area (Å²) in [5.41, 5.74) is 0.612. The van der Waals surface area contributed by atoms with Gasteiger partial charge >= 0.3 is 6.18 Å². The van der Waals surface area contributed by atoms with Gasteiger partial charge in [-0.25, -0.2) is 18.2 Å². The first-order valence-corrected chi connectivity index (χ1v) is 7.02. The summed E-state index contributed by atoms with van der Waals surface area (Å²) in [5, 5.41) is 0.205. The van der Waals surface area contributed by atoms with Gasteiger partial charge in [0, 0.05) is 17.3 Å². The minimum atomic E-state index is -4.71. The minimum Gasteiger partial charge on any atom is -0.263 e. The van der Waals surface area contributed by atoms with E-state index in [1.54, 1.807) is 0 Å². The first-order valence-electron chi connectivity index (χ1n) is 6.10. The van der Waals surface area contributed by atoms with E-state index < -0.39 is 39.8 Å². The van der Waals surface area contributed by atoms with Crippen LogP contribution in [0.5, 0.6) is 0 Å². The Kier molecular flexibility index (Phi) is 3.75. The second kappa shape index (κ2) is 5.38. The Morgan fingerprint density at radius 2 is 1.83 bits per heavy atom. The summed E-state index contributed by atoms with van der Waals surface area (Å²) in [4.78, 5) is 3.96. The molecule has 0 aromatic heterocycles. The van der Waals surface area contributed by atoms with Crippen molar-refractivity contribution in [1.82, 2.24) is 10.4 Å². The maximum absolute atomic E-state index is 14.0. The van der Waals surface area contributed by atoms with E-state index in [1.165, 1.54) is 0 Å². The Labute approximate surface area is 134 Å². The van der Waals surface area contributed by atoms with E-state index in [1.807, 2.05) is 0 Å². The predicted octanol–water partition coefficient (Wildman–Crippen LogP) is 3.84. The molecule has 1 aromatic rings. The Bertz CT molecular complexity index is 768. The minimum absolute atomic E-state index is 0.0511. The third-order valence-electron chi connectivity index (χ3n) is 3.17. The fraction of sp³-hybridized carbons (Fsp3) is 0.154. The van der Waals surface area contributed by atoms with Gasteiger partial charge in [0.05, 0.1) is 5.57 Å².